The molecule has 0 saturated carbocycles. The number of rotatable bonds is 8. The van der Waals surface area contributed by atoms with Gasteiger partial charge in [-0.25, -0.2) is 0 Å². The quantitative estimate of drug-likeness (QED) is 0.722. The number of hydrogen-bond acceptors (Lipinski definition) is 4. The van der Waals surface area contributed by atoms with Crippen LogP contribution in [0.25, 0.3) is 0 Å². The van der Waals surface area contributed by atoms with Gasteiger partial charge in [-0.1, -0.05) is 13.0 Å². The zero-order valence-electron chi connectivity index (χ0n) is 13.5. The van der Waals surface area contributed by atoms with Gasteiger partial charge in [-0.2, -0.15) is 0 Å². The summed E-state index contributed by atoms with van der Waals surface area (Å²) >= 11 is 0. The van der Waals surface area contributed by atoms with E-state index in [1.165, 1.54) is 0 Å². The Labute approximate surface area is 127 Å². The molecule has 1 rings (SSSR count). The molecule has 0 bridgehead atoms. The molecule has 0 spiro atoms. The van der Waals surface area contributed by atoms with E-state index >= 15 is 0 Å². The average Bonchev–Trinajstić information content (AvgIpc) is 2.45. The molecule has 0 fully saturated rings. The maximum absolute atomic E-state index is 12.2. The standard InChI is InChI=1S/C16H27N3O2/c1-5-13(3)19(8-9-21-4)11-16(20)18-15-7-6-12(2)10-14(15)17/h6-7,10,13H,5,8-9,11,17H2,1-4H3,(H,18,20). The molecule has 0 saturated heterocycles. The number of carbonyl (C=O) groups excluding carboxylic acids is 1. The summed E-state index contributed by atoms with van der Waals surface area (Å²) in [6, 6.07) is 5.96. The molecule has 0 aliphatic rings. The first-order valence-corrected chi connectivity index (χ1v) is 7.36. The lowest BCUT2D eigenvalue weighted by Gasteiger charge is -2.27. The zero-order chi connectivity index (χ0) is 15.8. The van der Waals surface area contributed by atoms with Crippen molar-refractivity contribution < 1.29 is 9.53 Å². The van der Waals surface area contributed by atoms with E-state index in [2.05, 4.69) is 24.1 Å². The molecule has 3 N–H and O–H groups in total. The SMILES string of the molecule is CCC(C)N(CCOC)CC(=O)Nc1ccc(C)cc1N. The van der Waals surface area contributed by atoms with Crippen LogP contribution in [0, 0.1) is 6.92 Å². The fourth-order valence-electron chi connectivity index (χ4n) is 2.09. The van der Waals surface area contributed by atoms with Gasteiger partial charge < -0.3 is 15.8 Å². The Balaban J connectivity index is 2.64. The number of methoxy groups -OCH3 is 1. The first-order chi connectivity index (χ1) is 9.97. The summed E-state index contributed by atoms with van der Waals surface area (Å²) in [6.45, 7) is 7.89. The molecule has 1 unspecified atom stereocenters. The van der Waals surface area contributed by atoms with E-state index in [0.717, 1.165) is 18.5 Å². The highest BCUT2D eigenvalue weighted by molar-refractivity contribution is 5.95. The minimum absolute atomic E-state index is 0.0537. The van der Waals surface area contributed by atoms with Crippen LogP contribution in [0.4, 0.5) is 11.4 Å². The van der Waals surface area contributed by atoms with E-state index in [1.807, 2.05) is 25.1 Å². The molecule has 1 amide bonds. The van der Waals surface area contributed by atoms with Crippen molar-refractivity contribution in [3.05, 3.63) is 23.8 Å². The first kappa shape index (κ1) is 17.5. The molecular weight excluding hydrogens is 266 g/mol. The molecule has 0 aliphatic carbocycles. The summed E-state index contributed by atoms with van der Waals surface area (Å²) in [6.07, 6.45) is 0.990. The molecule has 0 aliphatic heterocycles. The Morgan fingerprint density at radius 2 is 2.19 bits per heavy atom. The third kappa shape index (κ3) is 5.73. The van der Waals surface area contributed by atoms with Gasteiger partial charge in [-0.3, -0.25) is 9.69 Å². The summed E-state index contributed by atoms with van der Waals surface area (Å²) in [5.41, 5.74) is 8.26. The van der Waals surface area contributed by atoms with Crippen LogP contribution in [0.5, 0.6) is 0 Å². The van der Waals surface area contributed by atoms with Crippen molar-refractivity contribution in [2.75, 3.05) is 37.9 Å². The molecule has 0 aromatic heterocycles. The minimum atomic E-state index is -0.0537. The number of ether oxygens (including phenoxy) is 1. The van der Waals surface area contributed by atoms with Gasteiger partial charge in [0.1, 0.15) is 0 Å². The highest BCUT2D eigenvalue weighted by Gasteiger charge is 2.16. The lowest BCUT2D eigenvalue weighted by atomic mass is 10.2. The molecule has 21 heavy (non-hydrogen) atoms. The van der Waals surface area contributed by atoms with Gasteiger partial charge in [0.05, 0.1) is 24.5 Å². The van der Waals surface area contributed by atoms with Crippen molar-refractivity contribution in [3.63, 3.8) is 0 Å². The van der Waals surface area contributed by atoms with Crippen molar-refractivity contribution >= 4 is 17.3 Å². The Hall–Kier alpha value is -1.59. The van der Waals surface area contributed by atoms with Gasteiger partial charge in [0.25, 0.3) is 0 Å². The maximum Gasteiger partial charge on any atom is 0.238 e. The molecule has 5 heteroatoms. The summed E-state index contributed by atoms with van der Waals surface area (Å²) in [7, 11) is 1.67. The first-order valence-electron chi connectivity index (χ1n) is 7.36. The number of nitrogens with zero attached hydrogens (tertiary/aromatic N) is 1. The molecule has 1 atom stereocenters. The second-order valence-corrected chi connectivity index (χ2v) is 5.36. The predicted molar refractivity (Wildman–Crippen MR) is 87.4 cm³/mol. The zero-order valence-corrected chi connectivity index (χ0v) is 13.5. The van der Waals surface area contributed by atoms with Gasteiger partial charge >= 0.3 is 0 Å². The van der Waals surface area contributed by atoms with Crippen molar-refractivity contribution in [1.29, 1.82) is 0 Å². The second-order valence-electron chi connectivity index (χ2n) is 5.36. The van der Waals surface area contributed by atoms with Crippen molar-refractivity contribution in [3.8, 4) is 0 Å². The Morgan fingerprint density at radius 3 is 2.76 bits per heavy atom. The molecule has 0 radical (unpaired) electrons. The molecular formula is C16H27N3O2. The molecule has 1 aromatic carbocycles. The number of nitrogens with one attached hydrogen (secondary N) is 1. The maximum atomic E-state index is 12.2. The van der Waals surface area contributed by atoms with Crippen LogP contribution >= 0.6 is 0 Å². The van der Waals surface area contributed by atoms with Crippen molar-refractivity contribution in [2.45, 2.75) is 33.2 Å². The number of anilines is 2. The topological polar surface area (TPSA) is 67.6 Å². The van der Waals surface area contributed by atoms with E-state index < -0.39 is 0 Å². The van der Waals surface area contributed by atoms with Crippen LogP contribution in [0.1, 0.15) is 25.8 Å². The van der Waals surface area contributed by atoms with Crippen LogP contribution < -0.4 is 11.1 Å². The Kier molecular flexibility index (Phi) is 7.19. The fraction of sp³-hybridized carbons (Fsp3) is 0.562. The molecule has 5 nitrogen and oxygen atoms in total. The van der Waals surface area contributed by atoms with Crippen LogP contribution in [0.3, 0.4) is 0 Å². The van der Waals surface area contributed by atoms with E-state index in [-0.39, 0.29) is 5.91 Å². The smallest absolute Gasteiger partial charge is 0.238 e. The predicted octanol–water partition coefficient (Wildman–Crippen LogP) is 2.26. The van der Waals surface area contributed by atoms with Gasteiger partial charge in [-0.05, 0) is 38.0 Å². The number of hydrogen-bond donors (Lipinski definition) is 2. The summed E-state index contributed by atoms with van der Waals surface area (Å²) in [5, 5.41) is 2.88. The highest BCUT2D eigenvalue weighted by atomic mass is 16.5. The van der Waals surface area contributed by atoms with E-state index in [1.54, 1.807) is 7.11 Å². The third-order valence-corrected chi connectivity index (χ3v) is 3.62. The lowest BCUT2D eigenvalue weighted by molar-refractivity contribution is -0.118. The van der Waals surface area contributed by atoms with Crippen LogP contribution in [0.2, 0.25) is 0 Å². The fourth-order valence-corrected chi connectivity index (χ4v) is 2.09. The monoisotopic (exact) mass is 293 g/mol. The van der Waals surface area contributed by atoms with E-state index in [0.29, 0.717) is 30.6 Å². The van der Waals surface area contributed by atoms with Gasteiger partial charge in [0.2, 0.25) is 5.91 Å². The van der Waals surface area contributed by atoms with Crippen LogP contribution in [-0.4, -0.2) is 43.7 Å². The lowest BCUT2D eigenvalue weighted by Crippen LogP contribution is -2.41. The molecule has 118 valence electrons. The molecule has 1 aromatic rings. The number of nitrogen functional groups attached to an aromatic ring is 1. The number of nitrogens with two attached hydrogens (primary N) is 1. The van der Waals surface area contributed by atoms with Crippen molar-refractivity contribution in [2.24, 2.45) is 0 Å². The second kappa shape index (κ2) is 8.64. The van der Waals surface area contributed by atoms with E-state index in [9.17, 15) is 4.79 Å². The van der Waals surface area contributed by atoms with Gasteiger partial charge in [0.15, 0.2) is 0 Å². The highest BCUT2D eigenvalue weighted by Crippen LogP contribution is 2.19. The molecule has 0 heterocycles. The summed E-state index contributed by atoms with van der Waals surface area (Å²) in [4.78, 5) is 14.3. The van der Waals surface area contributed by atoms with Crippen LogP contribution in [0.15, 0.2) is 18.2 Å². The Bertz CT molecular complexity index is 463. The Morgan fingerprint density at radius 1 is 1.48 bits per heavy atom. The average molecular weight is 293 g/mol. The van der Waals surface area contributed by atoms with Crippen molar-refractivity contribution in [1.82, 2.24) is 4.90 Å². The van der Waals surface area contributed by atoms with Gasteiger partial charge in [0, 0.05) is 19.7 Å². The number of amides is 1. The normalized spacial score (nSPS) is 12.4. The summed E-state index contributed by atoms with van der Waals surface area (Å²) < 4.78 is 5.11. The third-order valence-electron chi connectivity index (χ3n) is 3.62. The largest absolute Gasteiger partial charge is 0.397 e. The van der Waals surface area contributed by atoms with Gasteiger partial charge in [-0.15, -0.1) is 0 Å². The summed E-state index contributed by atoms with van der Waals surface area (Å²) in [5.74, 6) is -0.0537. The number of benzene rings is 1. The minimum Gasteiger partial charge on any atom is -0.397 e. The number of carbonyl (C=O) groups is 1. The number of aryl methyl sites for hydroxylation is 1. The van der Waals surface area contributed by atoms with E-state index in [4.69, 9.17) is 10.5 Å². The van der Waals surface area contributed by atoms with Crippen LogP contribution in [-0.2, 0) is 9.53 Å².